The van der Waals surface area contributed by atoms with Gasteiger partial charge in [-0.3, -0.25) is 19.3 Å². The molecule has 3 fully saturated rings. The number of hydrogen-bond donors (Lipinski definition) is 1. The van der Waals surface area contributed by atoms with Crippen molar-refractivity contribution in [2.45, 2.75) is 51.5 Å². The summed E-state index contributed by atoms with van der Waals surface area (Å²) in [6.07, 6.45) is 7.95. The Morgan fingerprint density at radius 2 is 1.75 bits per heavy atom. The topological polar surface area (TPSA) is 82.6 Å². The summed E-state index contributed by atoms with van der Waals surface area (Å²) in [6.45, 7) is 2.67. The van der Waals surface area contributed by atoms with Crippen molar-refractivity contribution in [1.29, 1.82) is 0 Å². The van der Waals surface area contributed by atoms with Gasteiger partial charge >= 0.3 is 0 Å². The Bertz CT molecular complexity index is 736. The highest BCUT2D eigenvalue weighted by Crippen LogP contribution is 2.37. The third kappa shape index (κ3) is 3.88. The number of anilines is 1. The molecule has 1 aromatic heterocycles. The van der Waals surface area contributed by atoms with Gasteiger partial charge in [0, 0.05) is 38.8 Å². The van der Waals surface area contributed by atoms with Crippen LogP contribution in [-0.2, 0) is 20.9 Å². The van der Waals surface area contributed by atoms with E-state index < -0.39 is 0 Å². The summed E-state index contributed by atoms with van der Waals surface area (Å²) in [5.74, 6) is 0.365. The molecular weight excluding hydrogens is 356 g/mol. The van der Waals surface area contributed by atoms with Crippen LogP contribution in [0.2, 0.25) is 0 Å². The van der Waals surface area contributed by atoms with Crippen molar-refractivity contribution < 1.29 is 14.4 Å². The van der Waals surface area contributed by atoms with Crippen molar-refractivity contribution in [3.8, 4) is 0 Å². The van der Waals surface area contributed by atoms with E-state index >= 15 is 0 Å². The zero-order chi connectivity index (χ0) is 19.5. The Labute approximate surface area is 165 Å². The minimum Gasteiger partial charge on any atom is -0.357 e. The average Bonchev–Trinajstić information content (AvgIpc) is 3.34. The number of hydrogen-bond acceptors (Lipinski definition) is 5. The Balaban J connectivity index is 1.26. The summed E-state index contributed by atoms with van der Waals surface area (Å²) < 4.78 is 0. The van der Waals surface area contributed by atoms with E-state index in [-0.39, 0.29) is 42.5 Å². The maximum atomic E-state index is 12.5. The first-order chi connectivity index (χ1) is 13.6. The first-order valence-corrected chi connectivity index (χ1v) is 10.5. The van der Waals surface area contributed by atoms with Crippen LogP contribution in [-0.4, -0.2) is 47.2 Å². The predicted octanol–water partition coefficient (Wildman–Crippen LogP) is 1.86. The van der Waals surface area contributed by atoms with Crippen LogP contribution in [0.3, 0.4) is 0 Å². The van der Waals surface area contributed by atoms with Crippen molar-refractivity contribution in [3.05, 3.63) is 23.9 Å². The zero-order valence-electron chi connectivity index (χ0n) is 16.2. The molecule has 150 valence electrons. The smallest absolute Gasteiger partial charge is 0.233 e. The number of pyridine rings is 1. The molecule has 1 aliphatic carbocycles. The normalized spacial score (nSPS) is 24.6. The van der Waals surface area contributed by atoms with Crippen LogP contribution < -0.4 is 10.2 Å². The molecule has 0 bridgehead atoms. The molecule has 0 spiro atoms. The fraction of sp³-hybridized carbons (Fsp3) is 0.619. The zero-order valence-corrected chi connectivity index (χ0v) is 16.2. The van der Waals surface area contributed by atoms with E-state index in [4.69, 9.17) is 0 Å². The molecule has 1 aromatic rings. The quantitative estimate of drug-likeness (QED) is 0.757. The molecule has 2 unspecified atom stereocenters. The highest BCUT2D eigenvalue weighted by atomic mass is 16.2. The number of nitrogens with one attached hydrogen (secondary N) is 1. The summed E-state index contributed by atoms with van der Waals surface area (Å²) in [7, 11) is 0. The van der Waals surface area contributed by atoms with Gasteiger partial charge in [0.25, 0.3) is 0 Å². The molecule has 4 rings (SSSR count). The lowest BCUT2D eigenvalue weighted by molar-refractivity contribution is -0.140. The predicted molar refractivity (Wildman–Crippen MR) is 104 cm³/mol. The minimum absolute atomic E-state index is 0.0770. The number of fused-ring (bicyclic) bond motifs is 1. The largest absolute Gasteiger partial charge is 0.357 e. The number of imide groups is 1. The van der Waals surface area contributed by atoms with Crippen molar-refractivity contribution in [3.63, 3.8) is 0 Å². The average molecular weight is 384 g/mol. The Hall–Kier alpha value is -2.44. The van der Waals surface area contributed by atoms with Gasteiger partial charge in [-0.2, -0.15) is 0 Å². The third-order valence-corrected chi connectivity index (χ3v) is 6.22. The number of aromatic nitrogens is 1. The molecule has 2 aliphatic heterocycles. The molecule has 1 N–H and O–H groups in total. The molecule has 3 amide bonds. The fourth-order valence-corrected chi connectivity index (χ4v) is 4.64. The molecule has 3 aliphatic rings. The van der Waals surface area contributed by atoms with Gasteiger partial charge in [0.2, 0.25) is 17.7 Å². The van der Waals surface area contributed by atoms with Crippen molar-refractivity contribution in [2.75, 3.05) is 24.5 Å². The summed E-state index contributed by atoms with van der Waals surface area (Å²) in [5, 5.41) is 2.90. The monoisotopic (exact) mass is 384 g/mol. The van der Waals surface area contributed by atoms with Crippen LogP contribution in [0.25, 0.3) is 0 Å². The van der Waals surface area contributed by atoms with Gasteiger partial charge in [-0.25, -0.2) is 4.98 Å². The SMILES string of the molecule is O=C(CCN1C(=O)C2CCCCC2C1=O)NCc1ccnc(N2CCCC2)c1. The summed E-state index contributed by atoms with van der Waals surface area (Å²) >= 11 is 0. The highest BCUT2D eigenvalue weighted by molar-refractivity contribution is 6.05. The van der Waals surface area contributed by atoms with Gasteiger partial charge in [-0.05, 0) is 43.4 Å². The molecule has 7 heteroatoms. The van der Waals surface area contributed by atoms with E-state index in [0.717, 1.165) is 50.2 Å². The van der Waals surface area contributed by atoms with Gasteiger partial charge in [-0.1, -0.05) is 12.8 Å². The number of nitrogens with zero attached hydrogens (tertiary/aromatic N) is 3. The second-order valence-corrected chi connectivity index (χ2v) is 8.07. The number of rotatable bonds is 6. The van der Waals surface area contributed by atoms with Crippen molar-refractivity contribution >= 4 is 23.5 Å². The fourth-order valence-electron chi connectivity index (χ4n) is 4.64. The molecule has 7 nitrogen and oxygen atoms in total. The van der Waals surface area contributed by atoms with Gasteiger partial charge < -0.3 is 10.2 Å². The van der Waals surface area contributed by atoms with Crippen LogP contribution in [0, 0.1) is 11.8 Å². The number of carbonyl (C=O) groups excluding carboxylic acids is 3. The van der Waals surface area contributed by atoms with E-state index in [0.29, 0.717) is 6.54 Å². The highest BCUT2D eigenvalue weighted by Gasteiger charge is 2.47. The molecule has 2 atom stereocenters. The van der Waals surface area contributed by atoms with Crippen LogP contribution in [0.15, 0.2) is 18.3 Å². The van der Waals surface area contributed by atoms with E-state index in [1.54, 1.807) is 6.20 Å². The van der Waals surface area contributed by atoms with Crippen LogP contribution in [0.5, 0.6) is 0 Å². The Morgan fingerprint density at radius 1 is 1.07 bits per heavy atom. The first-order valence-electron chi connectivity index (χ1n) is 10.5. The third-order valence-electron chi connectivity index (χ3n) is 6.22. The second-order valence-electron chi connectivity index (χ2n) is 8.07. The Morgan fingerprint density at radius 3 is 2.43 bits per heavy atom. The molecule has 2 saturated heterocycles. The van der Waals surface area contributed by atoms with E-state index in [1.165, 1.54) is 17.7 Å². The lowest BCUT2D eigenvalue weighted by Gasteiger charge is -2.19. The number of amides is 3. The maximum Gasteiger partial charge on any atom is 0.233 e. The standard InChI is InChI=1S/C21H28N4O3/c26-19(8-12-25-20(27)16-5-1-2-6-17(16)21(25)28)23-14-15-7-9-22-18(13-15)24-10-3-4-11-24/h7,9,13,16-17H,1-6,8,10-12,14H2,(H,23,26). The van der Waals surface area contributed by atoms with Gasteiger partial charge in [0.15, 0.2) is 0 Å². The lowest BCUT2D eigenvalue weighted by Crippen LogP contribution is -2.35. The first kappa shape index (κ1) is 18.9. The second kappa shape index (κ2) is 8.29. The summed E-state index contributed by atoms with van der Waals surface area (Å²) in [6, 6.07) is 3.92. The minimum atomic E-state index is -0.148. The van der Waals surface area contributed by atoms with Crippen LogP contribution >= 0.6 is 0 Å². The van der Waals surface area contributed by atoms with E-state index in [1.807, 2.05) is 12.1 Å². The lowest BCUT2D eigenvalue weighted by atomic mass is 9.81. The van der Waals surface area contributed by atoms with Crippen molar-refractivity contribution in [2.24, 2.45) is 11.8 Å². The van der Waals surface area contributed by atoms with Crippen LogP contribution in [0.1, 0.15) is 50.5 Å². The molecule has 0 aromatic carbocycles. The Kier molecular flexibility index (Phi) is 5.59. The van der Waals surface area contributed by atoms with E-state index in [9.17, 15) is 14.4 Å². The number of likely N-dealkylation sites (tertiary alicyclic amines) is 1. The molecule has 1 saturated carbocycles. The van der Waals surface area contributed by atoms with Crippen molar-refractivity contribution in [1.82, 2.24) is 15.2 Å². The molecule has 0 radical (unpaired) electrons. The van der Waals surface area contributed by atoms with Crippen LogP contribution in [0.4, 0.5) is 5.82 Å². The summed E-state index contributed by atoms with van der Waals surface area (Å²) in [5.41, 5.74) is 1.00. The number of carbonyl (C=O) groups is 3. The van der Waals surface area contributed by atoms with Gasteiger partial charge in [-0.15, -0.1) is 0 Å². The van der Waals surface area contributed by atoms with Gasteiger partial charge in [0.1, 0.15) is 5.82 Å². The molecule has 3 heterocycles. The summed E-state index contributed by atoms with van der Waals surface area (Å²) in [4.78, 5) is 45.2. The molecule has 28 heavy (non-hydrogen) atoms. The van der Waals surface area contributed by atoms with E-state index in [2.05, 4.69) is 15.2 Å². The molecular formula is C21H28N4O3. The van der Waals surface area contributed by atoms with Gasteiger partial charge in [0.05, 0.1) is 11.8 Å². The maximum absolute atomic E-state index is 12.5.